The molecule has 0 spiro atoms. The summed E-state index contributed by atoms with van der Waals surface area (Å²) in [5.74, 6) is 0. The first-order valence-electron chi connectivity index (χ1n) is 5.35. The lowest BCUT2D eigenvalue weighted by Gasteiger charge is -2.11. The third-order valence-corrected chi connectivity index (χ3v) is 6.37. The van der Waals surface area contributed by atoms with Gasteiger partial charge in [0.05, 0.1) is 0 Å². The summed E-state index contributed by atoms with van der Waals surface area (Å²) in [6.45, 7) is 6.98. The van der Waals surface area contributed by atoms with Crippen LogP contribution in [0.15, 0.2) is 0 Å². The predicted octanol–water partition coefficient (Wildman–Crippen LogP) is 3.83. The Morgan fingerprint density at radius 1 is 0.727 bits per heavy atom. The lowest BCUT2D eigenvalue weighted by Crippen LogP contribution is -2.10. The minimum absolute atomic E-state index is 0.251. The van der Waals surface area contributed by atoms with E-state index in [2.05, 4.69) is 20.8 Å². The molecule has 0 rings (SSSR count). The molecule has 0 aromatic rings. The van der Waals surface area contributed by atoms with Crippen LogP contribution in [0.3, 0.4) is 0 Å². The molecule has 68 valence electrons. The highest BCUT2D eigenvalue weighted by Crippen LogP contribution is 2.13. The maximum absolute atomic E-state index is 2.33. The van der Waals surface area contributed by atoms with Crippen LogP contribution in [0.2, 0.25) is 18.1 Å². The van der Waals surface area contributed by atoms with Crippen molar-refractivity contribution in [2.24, 2.45) is 0 Å². The van der Waals surface area contributed by atoms with Crippen molar-refractivity contribution in [3.63, 3.8) is 0 Å². The van der Waals surface area contributed by atoms with Gasteiger partial charge in [-0.2, -0.15) is 0 Å². The van der Waals surface area contributed by atoms with Gasteiger partial charge in [-0.25, -0.2) is 0 Å². The standard InChI is InChI=1S/C10H24Si/c1-4-7-10-11(8-5-2)9-6-3/h11H,4-10H2,1-3H3. The first-order chi connectivity index (χ1) is 5.35. The SMILES string of the molecule is CCCC[SiH](CCC)CCC. The quantitative estimate of drug-likeness (QED) is 0.512. The van der Waals surface area contributed by atoms with Crippen molar-refractivity contribution in [1.82, 2.24) is 0 Å². The van der Waals surface area contributed by atoms with Crippen LogP contribution < -0.4 is 0 Å². The van der Waals surface area contributed by atoms with Crippen molar-refractivity contribution < 1.29 is 0 Å². The third-order valence-electron chi connectivity index (χ3n) is 2.36. The van der Waals surface area contributed by atoms with Crippen molar-refractivity contribution in [2.45, 2.75) is 64.6 Å². The van der Waals surface area contributed by atoms with Gasteiger partial charge >= 0.3 is 0 Å². The Hall–Kier alpha value is 0.217. The van der Waals surface area contributed by atoms with Gasteiger partial charge in [0.2, 0.25) is 0 Å². The van der Waals surface area contributed by atoms with Gasteiger partial charge in [0.15, 0.2) is 0 Å². The van der Waals surface area contributed by atoms with Crippen molar-refractivity contribution in [3.8, 4) is 0 Å². The zero-order chi connectivity index (χ0) is 8.53. The number of unbranched alkanes of at least 4 members (excludes halogenated alkanes) is 1. The number of hydrogen-bond donors (Lipinski definition) is 0. The zero-order valence-corrected chi connectivity index (χ0v) is 9.68. The lowest BCUT2D eigenvalue weighted by atomic mass is 10.4. The van der Waals surface area contributed by atoms with Gasteiger partial charge in [-0.05, 0) is 0 Å². The molecule has 0 nitrogen and oxygen atoms in total. The molecule has 0 saturated carbocycles. The highest BCUT2D eigenvalue weighted by molar-refractivity contribution is 6.58. The van der Waals surface area contributed by atoms with Crippen LogP contribution in [0.4, 0.5) is 0 Å². The van der Waals surface area contributed by atoms with Crippen molar-refractivity contribution in [3.05, 3.63) is 0 Å². The molecule has 0 aromatic carbocycles. The Morgan fingerprint density at radius 2 is 1.27 bits per heavy atom. The number of hydrogen-bond acceptors (Lipinski definition) is 0. The normalized spacial score (nSPS) is 10.9. The zero-order valence-electron chi connectivity index (χ0n) is 8.53. The molecule has 1 heteroatoms. The summed E-state index contributed by atoms with van der Waals surface area (Å²) in [7, 11) is -0.251. The first kappa shape index (κ1) is 11.2. The van der Waals surface area contributed by atoms with Gasteiger partial charge in [0.1, 0.15) is 0 Å². The summed E-state index contributed by atoms with van der Waals surface area (Å²) in [5.41, 5.74) is 0. The molecular weight excluding hydrogens is 148 g/mol. The molecule has 0 N–H and O–H groups in total. The van der Waals surface area contributed by atoms with Crippen LogP contribution >= 0.6 is 0 Å². The Morgan fingerprint density at radius 3 is 1.64 bits per heavy atom. The van der Waals surface area contributed by atoms with Crippen molar-refractivity contribution in [1.29, 1.82) is 0 Å². The lowest BCUT2D eigenvalue weighted by molar-refractivity contribution is 0.856. The van der Waals surface area contributed by atoms with E-state index in [1.54, 1.807) is 18.1 Å². The minimum Gasteiger partial charge on any atom is -0.0657 e. The monoisotopic (exact) mass is 172 g/mol. The first-order valence-corrected chi connectivity index (χ1v) is 7.80. The maximum Gasteiger partial charge on any atom is 0.0367 e. The molecule has 11 heavy (non-hydrogen) atoms. The Balaban J connectivity index is 3.34. The van der Waals surface area contributed by atoms with Gasteiger partial charge in [0, 0.05) is 8.80 Å². The summed E-state index contributed by atoms with van der Waals surface area (Å²) >= 11 is 0. The smallest absolute Gasteiger partial charge is 0.0367 e. The van der Waals surface area contributed by atoms with E-state index in [-0.39, 0.29) is 8.80 Å². The van der Waals surface area contributed by atoms with E-state index in [1.807, 2.05) is 0 Å². The Labute approximate surface area is 74.0 Å². The molecule has 0 amide bonds. The molecule has 0 bridgehead atoms. The highest BCUT2D eigenvalue weighted by Gasteiger charge is 2.06. The summed E-state index contributed by atoms with van der Waals surface area (Å²) in [4.78, 5) is 0. The summed E-state index contributed by atoms with van der Waals surface area (Å²) in [6.07, 6.45) is 5.76. The second-order valence-electron chi connectivity index (χ2n) is 3.59. The van der Waals surface area contributed by atoms with Gasteiger partial charge in [-0.1, -0.05) is 64.6 Å². The van der Waals surface area contributed by atoms with Crippen LogP contribution in [-0.2, 0) is 0 Å². The second kappa shape index (κ2) is 8.31. The molecule has 0 aliphatic carbocycles. The molecular formula is C10H24Si. The highest BCUT2D eigenvalue weighted by atomic mass is 28.3. The van der Waals surface area contributed by atoms with Gasteiger partial charge in [0.25, 0.3) is 0 Å². The summed E-state index contributed by atoms with van der Waals surface area (Å²) < 4.78 is 0. The van der Waals surface area contributed by atoms with E-state index in [4.69, 9.17) is 0 Å². The summed E-state index contributed by atoms with van der Waals surface area (Å²) in [5, 5.41) is 0. The molecule has 0 unspecified atom stereocenters. The van der Waals surface area contributed by atoms with Crippen LogP contribution in [-0.4, -0.2) is 8.80 Å². The average molecular weight is 172 g/mol. The van der Waals surface area contributed by atoms with Crippen LogP contribution in [0.1, 0.15) is 46.5 Å². The molecule has 0 saturated heterocycles. The van der Waals surface area contributed by atoms with E-state index in [9.17, 15) is 0 Å². The number of rotatable bonds is 7. The Bertz CT molecular complexity index is 65.3. The maximum atomic E-state index is 2.33. The molecule has 0 radical (unpaired) electrons. The van der Waals surface area contributed by atoms with Crippen LogP contribution in [0.25, 0.3) is 0 Å². The topological polar surface area (TPSA) is 0 Å². The van der Waals surface area contributed by atoms with E-state index in [0.29, 0.717) is 0 Å². The fourth-order valence-electron chi connectivity index (χ4n) is 1.74. The molecule has 0 aliphatic heterocycles. The third kappa shape index (κ3) is 6.61. The Kier molecular flexibility index (Phi) is 8.48. The second-order valence-corrected chi connectivity index (χ2v) is 7.05. The molecule has 0 aliphatic rings. The van der Waals surface area contributed by atoms with Gasteiger partial charge in [-0.3, -0.25) is 0 Å². The van der Waals surface area contributed by atoms with E-state index >= 15 is 0 Å². The molecule has 0 atom stereocenters. The fraction of sp³-hybridized carbons (Fsp3) is 1.00. The van der Waals surface area contributed by atoms with E-state index in [1.165, 1.54) is 25.7 Å². The van der Waals surface area contributed by atoms with Crippen molar-refractivity contribution >= 4 is 8.80 Å². The van der Waals surface area contributed by atoms with E-state index < -0.39 is 0 Å². The fourth-order valence-corrected chi connectivity index (χ4v) is 5.23. The summed E-state index contributed by atoms with van der Waals surface area (Å²) in [6, 6.07) is 4.79. The van der Waals surface area contributed by atoms with Crippen LogP contribution in [0.5, 0.6) is 0 Å². The molecule has 0 aromatic heterocycles. The minimum atomic E-state index is -0.251. The largest absolute Gasteiger partial charge is 0.0657 e. The van der Waals surface area contributed by atoms with Crippen molar-refractivity contribution in [2.75, 3.05) is 0 Å². The van der Waals surface area contributed by atoms with Gasteiger partial charge in [-0.15, -0.1) is 0 Å². The molecule has 0 fully saturated rings. The van der Waals surface area contributed by atoms with E-state index in [0.717, 1.165) is 0 Å². The predicted molar refractivity (Wildman–Crippen MR) is 57.1 cm³/mol. The van der Waals surface area contributed by atoms with Gasteiger partial charge < -0.3 is 0 Å². The molecule has 0 heterocycles. The average Bonchev–Trinajstić information content (AvgIpc) is 2.01. The van der Waals surface area contributed by atoms with Crippen LogP contribution in [0, 0.1) is 0 Å².